The summed E-state index contributed by atoms with van der Waals surface area (Å²) in [6.45, 7) is 9.20. The number of anilines is 2. The Balaban J connectivity index is 1.43. The third-order valence-corrected chi connectivity index (χ3v) is 7.81. The van der Waals surface area contributed by atoms with Gasteiger partial charge in [-0.3, -0.25) is 9.69 Å². The van der Waals surface area contributed by atoms with Gasteiger partial charge in [-0.05, 0) is 80.8 Å². The van der Waals surface area contributed by atoms with Crippen LogP contribution < -0.4 is 14.5 Å². The fourth-order valence-corrected chi connectivity index (χ4v) is 5.47. The van der Waals surface area contributed by atoms with Crippen LogP contribution in [0.25, 0.3) is 11.1 Å². The van der Waals surface area contributed by atoms with Gasteiger partial charge in [0.1, 0.15) is 5.75 Å². The molecule has 3 aromatic rings. The summed E-state index contributed by atoms with van der Waals surface area (Å²) in [6.07, 6.45) is 0.842. The van der Waals surface area contributed by atoms with Gasteiger partial charge in [0.05, 0.1) is 12.8 Å². The minimum Gasteiger partial charge on any atom is -0.495 e. The summed E-state index contributed by atoms with van der Waals surface area (Å²) in [5.74, 6) is 0.945. The molecule has 5 rings (SSSR count). The fraction of sp³-hybridized carbons (Fsp3) is 0.367. The van der Waals surface area contributed by atoms with Crippen LogP contribution in [0.5, 0.6) is 5.75 Å². The highest BCUT2D eigenvalue weighted by atomic mass is 16.5. The molecule has 3 aromatic carbocycles. The van der Waals surface area contributed by atoms with E-state index in [1.807, 2.05) is 23.1 Å². The maximum Gasteiger partial charge on any atom is 0.258 e. The summed E-state index contributed by atoms with van der Waals surface area (Å²) in [6, 6.07) is 21.6. The first kappa shape index (κ1) is 23.4. The Bertz CT molecular complexity index is 1220. The van der Waals surface area contributed by atoms with Gasteiger partial charge in [-0.25, -0.2) is 0 Å². The zero-order chi connectivity index (χ0) is 24.7. The number of methoxy groups -OCH3 is 1. The molecule has 2 aliphatic rings. The smallest absolute Gasteiger partial charge is 0.258 e. The summed E-state index contributed by atoms with van der Waals surface area (Å²) < 4.78 is 5.81. The molecule has 0 unspecified atom stereocenters. The molecular weight excluding hydrogens is 434 g/mol. The van der Waals surface area contributed by atoms with Gasteiger partial charge in [0.2, 0.25) is 0 Å². The number of ether oxygens (including phenoxy) is 1. The number of rotatable bonds is 4. The number of piperazine rings is 1. The molecule has 1 fully saturated rings. The molecule has 0 saturated carbocycles. The molecule has 2 aliphatic heterocycles. The maximum atomic E-state index is 13.6. The monoisotopic (exact) mass is 469 g/mol. The van der Waals surface area contributed by atoms with Crippen LogP contribution in [0.15, 0.2) is 60.7 Å². The van der Waals surface area contributed by atoms with E-state index in [4.69, 9.17) is 4.74 Å². The van der Waals surface area contributed by atoms with Crippen molar-refractivity contribution in [3.63, 3.8) is 0 Å². The Morgan fingerprint density at radius 3 is 2.29 bits per heavy atom. The topological polar surface area (TPSA) is 36.0 Å². The van der Waals surface area contributed by atoms with Crippen molar-refractivity contribution in [3.8, 4) is 16.9 Å². The molecule has 5 nitrogen and oxygen atoms in total. The van der Waals surface area contributed by atoms with Gasteiger partial charge in [-0.1, -0.05) is 36.4 Å². The van der Waals surface area contributed by atoms with Gasteiger partial charge in [0.25, 0.3) is 5.91 Å². The van der Waals surface area contributed by atoms with Crippen LogP contribution in [0, 0.1) is 6.92 Å². The highest BCUT2D eigenvalue weighted by Crippen LogP contribution is 2.40. The number of hydrogen-bond donors (Lipinski definition) is 0. The molecule has 1 amide bonds. The van der Waals surface area contributed by atoms with Crippen molar-refractivity contribution in [1.82, 2.24) is 4.90 Å². The van der Waals surface area contributed by atoms with E-state index < -0.39 is 0 Å². The number of fused-ring (bicyclic) bond motifs is 1. The number of hydrogen-bond acceptors (Lipinski definition) is 4. The molecule has 0 spiro atoms. The molecule has 0 aliphatic carbocycles. The lowest BCUT2D eigenvalue weighted by Gasteiger charge is -2.44. The number of carbonyl (C=O) groups excluding carboxylic acids is 1. The lowest BCUT2D eigenvalue weighted by atomic mass is 9.99. The normalized spacial score (nSPS) is 20.1. The Hall–Kier alpha value is -3.31. The molecule has 0 bridgehead atoms. The van der Waals surface area contributed by atoms with Gasteiger partial charge in [0, 0.05) is 43.0 Å². The van der Waals surface area contributed by atoms with Crippen LogP contribution in [0.2, 0.25) is 0 Å². The Morgan fingerprint density at radius 2 is 1.63 bits per heavy atom. The van der Waals surface area contributed by atoms with Crippen LogP contribution in [0.4, 0.5) is 11.4 Å². The number of aryl methyl sites for hydroxylation is 1. The second kappa shape index (κ2) is 9.38. The van der Waals surface area contributed by atoms with E-state index in [2.05, 4.69) is 80.1 Å². The van der Waals surface area contributed by atoms with Crippen LogP contribution in [-0.4, -0.2) is 56.7 Å². The van der Waals surface area contributed by atoms with Crippen molar-refractivity contribution < 1.29 is 9.53 Å². The number of carbonyl (C=O) groups is 1. The highest BCUT2D eigenvalue weighted by Gasteiger charge is 2.32. The van der Waals surface area contributed by atoms with Gasteiger partial charge in [-0.2, -0.15) is 0 Å². The fourth-order valence-electron chi connectivity index (χ4n) is 5.47. The van der Waals surface area contributed by atoms with Crippen molar-refractivity contribution in [2.75, 3.05) is 43.6 Å². The largest absolute Gasteiger partial charge is 0.495 e. The lowest BCUT2D eigenvalue weighted by Crippen LogP contribution is -2.55. The second-order valence-electron chi connectivity index (χ2n) is 10.0. The van der Waals surface area contributed by atoms with Gasteiger partial charge >= 0.3 is 0 Å². The second-order valence-corrected chi connectivity index (χ2v) is 10.0. The van der Waals surface area contributed by atoms with E-state index in [0.717, 1.165) is 47.8 Å². The zero-order valence-corrected chi connectivity index (χ0v) is 21.4. The number of likely N-dealkylation sites (N-methyl/N-ethyl adjacent to an activating group) is 1. The minimum atomic E-state index is 0.0521. The van der Waals surface area contributed by atoms with E-state index >= 15 is 0 Å². The van der Waals surface area contributed by atoms with Crippen molar-refractivity contribution in [1.29, 1.82) is 0 Å². The summed E-state index contributed by atoms with van der Waals surface area (Å²) in [5.41, 5.74) is 7.53. The van der Waals surface area contributed by atoms with Gasteiger partial charge < -0.3 is 14.5 Å². The molecular formula is C30H35N3O2. The quantitative estimate of drug-likeness (QED) is 0.512. The Labute approximate surface area is 208 Å². The predicted molar refractivity (Wildman–Crippen MR) is 144 cm³/mol. The Kier molecular flexibility index (Phi) is 6.28. The summed E-state index contributed by atoms with van der Waals surface area (Å²) >= 11 is 0. The van der Waals surface area contributed by atoms with Crippen LogP contribution in [0.1, 0.15) is 35.3 Å². The average Bonchev–Trinajstić information content (AvgIpc) is 3.29. The van der Waals surface area contributed by atoms with E-state index in [-0.39, 0.29) is 5.91 Å². The van der Waals surface area contributed by atoms with E-state index in [9.17, 15) is 4.79 Å². The molecule has 0 aromatic heterocycles. The third kappa shape index (κ3) is 4.30. The molecule has 182 valence electrons. The Morgan fingerprint density at radius 1 is 0.943 bits per heavy atom. The summed E-state index contributed by atoms with van der Waals surface area (Å²) in [7, 11) is 3.93. The first-order valence-corrected chi connectivity index (χ1v) is 12.5. The standard InChI is InChI=1S/C30H35N3O2/c1-20-8-6-7-9-26(20)23-10-12-24(13-11-23)30(34)33-15-14-25-16-29(35-5)28(17-27(25)33)32-18-21(2)31(4)22(3)19-32/h6-13,16-17,21-22H,14-15,18-19H2,1-5H3/t21-,22+. The molecule has 5 heteroatoms. The number of nitrogens with zero attached hydrogens (tertiary/aromatic N) is 3. The van der Waals surface area contributed by atoms with E-state index in [1.54, 1.807) is 7.11 Å². The minimum absolute atomic E-state index is 0.0521. The first-order chi connectivity index (χ1) is 16.9. The van der Waals surface area contributed by atoms with Crippen molar-refractivity contribution >= 4 is 17.3 Å². The summed E-state index contributed by atoms with van der Waals surface area (Å²) in [5, 5.41) is 0. The highest BCUT2D eigenvalue weighted by molar-refractivity contribution is 6.08. The van der Waals surface area contributed by atoms with Crippen LogP contribution in [-0.2, 0) is 6.42 Å². The predicted octanol–water partition coefficient (Wildman–Crippen LogP) is 5.40. The number of benzene rings is 3. The van der Waals surface area contributed by atoms with Crippen molar-refractivity contribution in [3.05, 3.63) is 77.4 Å². The molecule has 35 heavy (non-hydrogen) atoms. The van der Waals surface area contributed by atoms with E-state index in [0.29, 0.717) is 18.6 Å². The van der Waals surface area contributed by atoms with Crippen molar-refractivity contribution in [2.45, 2.75) is 39.3 Å². The molecule has 2 atom stereocenters. The molecule has 2 heterocycles. The molecule has 1 saturated heterocycles. The van der Waals surface area contributed by atoms with Crippen LogP contribution in [0.3, 0.4) is 0 Å². The third-order valence-electron chi connectivity index (χ3n) is 7.81. The first-order valence-electron chi connectivity index (χ1n) is 12.5. The van der Waals surface area contributed by atoms with Gasteiger partial charge in [0.15, 0.2) is 0 Å². The number of amides is 1. The van der Waals surface area contributed by atoms with E-state index in [1.165, 1.54) is 16.7 Å². The lowest BCUT2D eigenvalue weighted by molar-refractivity contribution is 0.0989. The molecule has 0 N–H and O–H groups in total. The summed E-state index contributed by atoms with van der Waals surface area (Å²) in [4.78, 5) is 20.4. The maximum absolute atomic E-state index is 13.6. The van der Waals surface area contributed by atoms with Crippen molar-refractivity contribution in [2.24, 2.45) is 0 Å². The van der Waals surface area contributed by atoms with Gasteiger partial charge in [-0.15, -0.1) is 0 Å². The molecule has 0 radical (unpaired) electrons. The average molecular weight is 470 g/mol. The van der Waals surface area contributed by atoms with Crippen LogP contribution >= 0.6 is 0 Å². The zero-order valence-electron chi connectivity index (χ0n) is 21.4. The SMILES string of the molecule is COc1cc2c(cc1N1C[C@@H](C)N(C)[C@@H](C)C1)N(C(=O)c1ccc(-c3ccccc3C)cc1)CC2.